The topological polar surface area (TPSA) is 100.0 Å². The summed E-state index contributed by atoms with van der Waals surface area (Å²) in [5, 5.41) is 2.54. The number of H-pyrrole nitrogens is 2. The number of aromatic amines is 2. The van der Waals surface area contributed by atoms with E-state index in [-0.39, 0.29) is 6.04 Å². The normalized spacial score (nSPS) is 24.7. The summed E-state index contributed by atoms with van der Waals surface area (Å²) in [6, 6.07) is 17.1. The number of rotatable bonds is 6. The third-order valence-electron chi connectivity index (χ3n) is 9.16. The quantitative estimate of drug-likeness (QED) is 0.311. The van der Waals surface area contributed by atoms with Crippen LogP contribution in [-0.2, 0) is 12.8 Å². The molecule has 0 amide bonds. The van der Waals surface area contributed by atoms with E-state index in [1.807, 2.05) is 6.20 Å². The van der Waals surface area contributed by atoms with Crippen molar-refractivity contribution in [1.29, 1.82) is 0 Å². The molecule has 2 saturated carbocycles. The van der Waals surface area contributed by atoms with E-state index in [0.717, 1.165) is 60.6 Å². The molecule has 3 fully saturated rings. The molecule has 6 N–H and O–H groups in total. The predicted octanol–water partition coefficient (Wildman–Crippen LogP) is 4.82. The first-order valence-corrected chi connectivity index (χ1v) is 14.2. The van der Waals surface area contributed by atoms with Gasteiger partial charge in [-0.1, -0.05) is 55.3 Å². The number of hydrogen-bond acceptors (Lipinski definition) is 3. The minimum Gasteiger partial charge on any atom is -0.341 e. The highest BCUT2D eigenvalue weighted by Gasteiger charge is 2.51. The first kappa shape index (κ1) is 21.8. The highest BCUT2D eigenvalue weighted by molar-refractivity contribution is 5.75. The average Bonchev–Trinajstić information content (AvgIpc) is 3.72. The Balaban J connectivity index is 1.04. The fourth-order valence-corrected chi connectivity index (χ4v) is 6.70. The fraction of sp³-hybridized carbons (Fsp3) is 0.419. The Bertz CT molecular complexity index is 1450. The number of imidazole rings is 2. The molecule has 3 aliphatic carbocycles. The average molecular weight is 492 g/mol. The zero-order chi connectivity index (χ0) is 24.5. The largest absolute Gasteiger partial charge is 0.341 e. The van der Waals surface area contributed by atoms with Gasteiger partial charge in [0.25, 0.3) is 0 Å². The highest BCUT2D eigenvalue weighted by atomic mass is 15.1. The molecule has 2 aromatic carbocycles. The molecule has 2 aromatic heterocycles. The molecule has 6 heteroatoms. The van der Waals surface area contributed by atoms with Crippen LogP contribution in [0.25, 0.3) is 33.6 Å². The van der Waals surface area contributed by atoms with Crippen LogP contribution in [0.15, 0.2) is 48.7 Å². The van der Waals surface area contributed by atoms with Gasteiger partial charge in [-0.15, -0.1) is 0 Å². The minimum absolute atomic E-state index is 0.00752. The molecule has 1 aliphatic heterocycles. The van der Waals surface area contributed by atoms with Gasteiger partial charge in [-0.05, 0) is 53.9 Å². The zero-order valence-electron chi connectivity index (χ0n) is 21.2. The van der Waals surface area contributed by atoms with Crippen molar-refractivity contribution in [3.8, 4) is 33.6 Å². The van der Waals surface area contributed by atoms with Gasteiger partial charge in [0.15, 0.2) is 5.82 Å². The van der Waals surface area contributed by atoms with Crippen LogP contribution >= 0.6 is 0 Å². The van der Waals surface area contributed by atoms with Crippen molar-refractivity contribution in [1.82, 2.24) is 19.9 Å². The Kier molecular flexibility index (Phi) is 4.96. The van der Waals surface area contributed by atoms with Crippen LogP contribution in [0.1, 0.15) is 73.5 Å². The van der Waals surface area contributed by atoms with Crippen LogP contribution in [0.5, 0.6) is 0 Å². The number of quaternary nitrogens is 1. The summed E-state index contributed by atoms with van der Waals surface area (Å²) in [5.74, 6) is 3.82. The van der Waals surface area contributed by atoms with Crippen molar-refractivity contribution in [2.45, 2.75) is 69.5 Å². The van der Waals surface area contributed by atoms with Crippen molar-refractivity contribution in [2.24, 2.45) is 17.6 Å². The first-order chi connectivity index (χ1) is 18.2. The number of fused-ring (bicyclic) bond motifs is 4. The second-order valence-electron chi connectivity index (χ2n) is 11.9. The van der Waals surface area contributed by atoms with Crippen molar-refractivity contribution in [2.75, 3.05) is 0 Å². The lowest BCUT2D eigenvalue weighted by Gasteiger charge is -2.10. The second-order valence-corrected chi connectivity index (χ2v) is 11.9. The van der Waals surface area contributed by atoms with Crippen molar-refractivity contribution in [3.05, 3.63) is 71.6 Å². The van der Waals surface area contributed by atoms with E-state index < -0.39 is 0 Å². The molecule has 6 nitrogen and oxygen atoms in total. The Labute approximate surface area is 217 Å². The van der Waals surface area contributed by atoms with E-state index in [9.17, 15) is 0 Å². The van der Waals surface area contributed by atoms with E-state index in [2.05, 4.69) is 62.7 Å². The van der Waals surface area contributed by atoms with Crippen LogP contribution < -0.4 is 11.1 Å². The Morgan fingerprint density at radius 3 is 2.62 bits per heavy atom. The van der Waals surface area contributed by atoms with Crippen LogP contribution in [0, 0.1) is 11.8 Å². The summed E-state index contributed by atoms with van der Waals surface area (Å²) >= 11 is 0. The number of aryl methyl sites for hydroxylation is 2. The number of aromatic nitrogens is 4. The predicted molar refractivity (Wildman–Crippen MR) is 145 cm³/mol. The zero-order valence-corrected chi connectivity index (χ0v) is 21.2. The number of nitrogens with two attached hydrogens (primary N) is 2. The Hall–Kier alpha value is -3.22. The molecule has 0 bridgehead atoms. The molecule has 188 valence electrons. The lowest BCUT2D eigenvalue weighted by Crippen LogP contribution is -2.84. The smallest absolute Gasteiger partial charge is 0.165 e. The van der Waals surface area contributed by atoms with Crippen LogP contribution in [0.2, 0.25) is 0 Å². The SMILES string of the molecule is NC(CC1CC1)c1ncc(-c2ccc(-c3ccc4c(c3)CCCc3[nH]c(C5CC6CC6[NH2+]5)nc3-4)cc2)[nH]1. The lowest BCUT2D eigenvalue weighted by molar-refractivity contribution is -0.696. The lowest BCUT2D eigenvalue weighted by atomic mass is 9.95. The van der Waals surface area contributed by atoms with Crippen molar-refractivity contribution in [3.63, 3.8) is 0 Å². The highest BCUT2D eigenvalue weighted by Crippen LogP contribution is 2.41. The Morgan fingerprint density at radius 2 is 1.81 bits per heavy atom. The van der Waals surface area contributed by atoms with Gasteiger partial charge in [0, 0.05) is 30.0 Å². The van der Waals surface area contributed by atoms with Crippen molar-refractivity contribution >= 4 is 0 Å². The minimum atomic E-state index is 0.00752. The number of nitrogens with one attached hydrogen (secondary N) is 2. The molecular weight excluding hydrogens is 456 g/mol. The summed E-state index contributed by atoms with van der Waals surface area (Å²) in [7, 11) is 0. The maximum atomic E-state index is 6.36. The summed E-state index contributed by atoms with van der Waals surface area (Å²) in [5.41, 5.74) is 16.3. The number of nitrogens with zero attached hydrogens (tertiary/aromatic N) is 2. The third kappa shape index (κ3) is 4.03. The maximum Gasteiger partial charge on any atom is 0.165 e. The van der Waals surface area contributed by atoms with E-state index in [4.69, 9.17) is 10.7 Å². The number of piperidine rings is 1. The van der Waals surface area contributed by atoms with Gasteiger partial charge >= 0.3 is 0 Å². The summed E-state index contributed by atoms with van der Waals surface area (Å²) in [6.07, 6.45) is 11.6. The van der Waals surface area contributed by atoms with Gasteiger partial charge in [0.05, 0.1) is 29.7 Å². The molecule has 4 atom stereocenters. The van der Waals surface area contributed by atoms with E-state index >= 15 is 0 Å². The van der Waals surface area contributed by atoms with Gasteiger partial charge in [0.1, 0.15) is 11.9 Å². The third-order valence-corrected chi connectivity index (χ3v) is 9.16. The molecule has 0 spiro atoms. The van der Waals surface area contributed by atoms with Crippen molar-refractivity contribution < 1.29 is 5.32 Å². The van der Waals surface area contributed by atoms with E-state index in [1.54, 1.807) is 0 Å². The molecule has 4 aromatic rings. The summed E-state index contributed by atoms with van der Waals surface area (Å²) in [4.78, 5) is 16.9. The first-order valence-electron chi connectivity index (χ1n) is 14.2. The molecular formula is C31H35N6+. The van der Waals surface area contributed by atoms with E-state index in [0.29, 0.717) is 6.04 Å². The maximum absolute atomic E-state index is 6.36. The van der Waals surface area contributed by atoms with Gasteiger partial charge in [-0.2, -0.15) is 0 Å². The number of benzene rings is 2. The molecule has 37 heavy (non-hydrogen) atoms. The monoisotopic (exact) mass is 491 g/mol. The standard InChI is InChI=1S/C31H34N6/c32-24(12-17-4-5-17)30-33-16-28(36-30)19-8-6-18(7-9-19)20-10-11-23-21(13-20)2-1-3-25-29(23)37-31(35-25)27-15-22-14-26(22)34-27/h6-11,13,16-17,22,24,26-27,34H,1-5,12,14-15,32H2,(H,33,36)(H,35,37)/p+1. The van der Waals surface area contributed by atoms with Crippen LogP contribution in [0.4, 0.5) is 0 Å². The number of hydrogen-bond donors (Lipinski definition) is 4. The summed E-state index contributed by atoms with van der Waals surface area (Å²) in [6.45, 7) is 0. The molecule has 4 unspecified atom stereocenters. The van der Waals surface area contributed by atoms with Crippen LogP contribution in [-0.4, -0.2) is 26.0 Å². The molecule has 3 heterocycles. The molecule has 8 rings (SSSR count). The van der Waals surface area contributed by atoms with E-state index in [1.165, 1.54) is 65.1 Å². The van der Waals surface area contributed by atoms with Gasteiger partial charge in [0.2, 0.25) is 0 Å². The second kappa shape index (κ2) is 8.40. The summed E-state index contributed by atoms with van der Waals surface area (Å²) < 4.78 is 0. The Morgan fingerprint density at radius 1 is 0.973 bits per heavy atom. The van der Waals surface area contributed by atoms with Crippen LogP contribution in [0.3, 0.4) is 0 Å². The molecule has 1 saturated heterocycles. The fourth-order valence-electron chi connectivity index (χ4n) is 6.70. The van der Waals surface area contributed by atoms with Gasteiger partial charge < -0.3 is 21.0 Å². The van der Waals surface area contributed by atoms with Gasteiger partial charge in [-0.25, -0.2) is 9.97 Å². The molecule has 4 aliphatic rings. The van der Waals surface area contributed by atoms with Gasteiger partial charge in [-0.3, -0.25) is 0 Å². The molecule has 0 radical (unpaired) electrons.